The number of hydrogen-bond donors (Lipinski definition) is 2. The lowest BCUT2D eigenvalue weighted by molar-refractivity contribution is -0.120. The predicted octanol–water partition coefficient (Wildman–Crippen LogP) is 2.39. The number of aromatic nitrogens is 1. The Morgan fingerprint density at radius 2 is 2.12 bits per heavy atom. The number of anilines is 1. The quantitative estimate of drug-likeness (QED) is 0.810. The van der Waals surface area contributed by atoms with Gasteiger partial charge in [-0.1, -0.05) is 25.7 Å². The van der Waals surface area contributed by atoms with Crippen LogP contribution in [-0.2, 0) is 4.79 Å². The van der Waals surface area contributed by atoms with Gasteiger partial charge in [-0.25, -0.2) is 4.98 Å². The minimum atomic E-state index is 0.0760. The van der Waals surface area contributed by atoms with E-state index in [9.17, 15) is 4.79 Å². The van der Waals surface area contributed by atoms with Gasteiger partial charge in [-0.2, -0.15) is 0 Å². The summed E-state index contributed by atoms with van der Waals surface area (Å²) in [4.78, 5) is 15.8. The lowest BCUT2D eigenvalue weighted by atomic mass is 10.1. The summed E-state index contributed by atoms with van der Waals surface area (Å²) in [6, 6.07) is 0.378. The third kappa shape index (κ3) is 4.34. The monoisotopic (exact) mass is 253 g/mol. The Kier molecular flexibility index (Phi) is 4.79. The van der Waals surface area contributed by atoms with Gasteiger partial charge in [-0.3, -0.25) is 4.79 Å². The molecule has 0 spiro atoms. The predicted molar refractivity (Wildman–Crippen MR) is 70.2 cm³/mol. The van der Waals surface area contributed by atoms with E-state index in [1.54, 1.807) is 6.20 Å². The maximum absolute atomic E-state index is 11.7. The number of thiazole rings is 1. The van der Waals surface area contributed by atoms with Crippen LogP contribution in [-0.4, -0.2) is 23.5 Å². The number of rotatable bonds is 4. The fourth-order valence-corrected chi connectivity index (χ4v) is 2.70. The molecule has 2 rings (SSSR count). The molecular weight excluding hydrogens is 234 g/mol. The molecule has 1 heterocycles. The Balaban J connectivity index is 1.69. The molecule has 2 N–H and O–H groups in total. The van der Waals surface area contributed by atoms with Crippen LogP contribution in [0.25, 0.3) is 0 Å². The van der Waals surface area contributed by atoms with Crippen LogP contribution >= 0.6 is 11.3 Å². The largest absolute Gasteiger partial charge is 0.352 e. The molecule has 0 unspecified atom stereocenters. The standard InChI is InChI=1S/C12H19N3OS/c16-11(9-14-12-13-7-8-17-12)15-10-5-3-1-2-4-6-10/h7-8,10H,1-6,9H2,(H,13,14)(H,15,16). The van der Waals surface area contributed by atoms with Gasteiger partial charge in [0.05, 0.1) is 6.54 Å². The van der Waals surface area contributed by atoms with Crippen LogP contribution in [0.3, 0.4) is 0 Å². The van der Waals surface area contributed by atoms with Crippen molar-refractivity contribution >= 4 is 22.4 Å². The molecule has 5 heteroatoms. The van der Waals surface area contributed by atoms with Crippen molar-refractivity contribution in [2.45, 2.75) is 44.6 Å². The summed E-state index contributed by atoms with van der Waals surface area (Å²) in [5.74, 6) is 0.0760. The Morgan fingerprint density at radius 3 is 2.76 bits per heavy atom. The number of nitrogens with zero attached hydrogens (tertiary/aromatic N) is 1. The molecule has 17 heavy (non-hydrogen) atoms. The maximum atomic E-state index is 11.7. The number of hydrogen-bond acceptors (Lipinski definition) is 4. The van der Waals surface area contributed by atoms with Crippen LogP contribution in [0.15, 0.2) is 11.6 Å². The van der Waals surface area contributed by atoms with Crippen molar-refractivity contribution < 1.29 is 4.79 Å². The summed E-state index contributed by atoms with van der Waals surface area (Å²) in [6.45, 7) is 0.323. The van der Waals surface area contributed by atoms with E-state index in [0.717, 1.165) is 18.0 Å². The summed E-state index contributed by atoms with van der Waals surface area (Å²) in [5.41, 5.74) is 0. The maximum Gasteiger partial charge on any atom is 0.239 e. The first-order valence-electron chi connectivity index (χ1n) is 6.27. The van der Waals surface area contributed by atoms with Gasteiger partial charge < -0.3 is 10.6 Å². The molecule has 0 atom stereocenters. The highest BCUT2D eigenvalue weighted by Gasteiger charge is 2.14. The number of amides is 1. The minimum absolute atomic E-state index is 0.0760. The van der Waals surface area contributed by atoms with Gasteiger partial charge in [0.15, 0.2) is 5.13 Å². The first kappa shape index (κ1) is 12.4. The molecule has 1 aliphatic rings. The summed E-state index contributed by atoms with van der Waals surface area (Å²) in [6.07, 6.45) is 9.09. The summed E-state index contributed by atoms with van der Waals surface area (Å²) in [7, 11) is 0. The van der Waals surface area contributed by atoms with Crippen molar-refractivity contribution in [2.75, 3.05) is 11.9 Å². The van der Waals surface area contributed by atoms with E-state index in [1.165, 1.54) is 37.0 Å². The zero-order valence-electron chi connectivity index (χ0n) is 9.95. The fourth-order valence-electron chi connectivity index (χ4n) is 2.17. The topological polar surface area (TPSA) is 54.0 Å². The molecule has 0 radical (unpaired) electrons. The average Bonchev–Trinajstić information content (AvgIpc) is 2.72. The van der Waals surface area contributed by atoms with Gasteiger partial charge in [-0.15, -0.1) is 11.3 Å². The second-order valence-corrected chi connectivity index (χ2v) is 5.34. The lowest BCUT2D eigenvalue weighted by Gasteiger charge is -2.16. The first-order chi connectivity index (χ1) is 8.34. The molecule has 0 aromatic carbocycles. The summed E-state index contributed by atoms with van der Waals surface area (Å²) < 4.78 is 0. The molecule has 1 aliphatic carbocycles. The molecule has 94 valence electrons. The second kappa shape index (κ2) is 6.59. The fraction of sp³-hybridized carbons (Fsp3) is 0.667. The van der Waals surface area contributed by atoms with Crippen molar-refractivity contribution in [1.29, 1.82) is 0 Å². The van der Waals surface area contributed by atoms with E-state index in [1.807, 2.05) is 5.38 Å². The number of carbonyl (C=O) groups excluding carboxylic acids is 1. The Labute approximate surface area is 106 Å². The van der Waals surface area contributed by atoms with Gasteiger partial charge in [0.2, 0.25) is 5.91 Å². The average molecular weight is 253 g/mol. The van der Waals surface area contributed by atoms with Crippen molar-refractivity contribution in [3.8, 4) is 0 Å². The molecule has 1 aromatic rings. The van der Waals surface area contributed by atoms with Gasteiger partial charge in [0, 0.05) is 17.6 Å². The molecule has 0 aliphatic heterocycles. The van der Waals surface area contributed by atoms with Crippen molar-refractivity contribution in [3.05, 3.63) is 11.6 Å². The van der Waals surface area contributed by atoms with E-state index < -0.39 is 0 Å². The van der Waals surface area contributed by atoms with Gasteiger partial charge in [0.25, 0.3) is 0 Å². The third-order valence-electron chi connectivity index (χ3n) is 3.05. The van der Waals surface area contributed by atoms with Crippen LogP contribution in [0.4, 0.5) is 5.13 Å². The van der Waals surface area contributed by atoms with Crippen LogP contribution in [0.2, 0.25) is 0 Å². The SMILES string of the molecule is O=C(CNc1nccs1)NC1CCCCCC1. The molecule has 1 aromatic heterocycles. The normalized spacial score (nSPS) is 17.4. The van der Waals surface area contributed by atoms with Gasteiger partial charge in [0.1, 0.15) is 0 Å². The molecular formula is C12H19N3OS. The second-order valence-electron chi connectivity index (χ2n) is 4.45. The van der Waals surface area contributed by atoms with E-state index in [-0.39, 0.29) is 5.91 Å². The molecule has 1 fully saturated rings. The minimum Gasteiger partial charge on any atom is -0.352 e. The molecule has 0 bridgehead atoms. The van der Waals surface area contributed by atoms with E-state index in [0.29, 0.717) is 12.6 Å². The highest BCUT2D eigenvalue weighted by atomic mass is 32.1. The lowest BCUT2D eigenvalue weighted by Crippen LogP contribution is -2.38. The van der Waals surface area contributed by atoms with Crippen molar-refractivity contribution in [3.63, 3.8) is 0 Å². The van der Waals surface area contributed by atoms with Gasteiger partial charge >= 0.3 is 0 Å². The zero-order chi connectivity index (χ0) is 11.9. The molecule has 1 amide bonds. The highest BCUT2D eigenvalue weighted by Crippen LogP contribution is 2.17. The van der Waals surface area contributed by atoms with Gasteiger partial charge in [-0.05, 0) is 12.8 Å². The molecule has 1 saturated carbocycles. The van der Waals surface area contributed by atoms with Crippen LogP contribution < -0.4 is 10.6 Å². The van der Waals surface area contributed by atoms with Crippen LogP contribution in [0, 0.1) is 0 Å². The summed E-state index contributed by atoms with van der Waals surface area (Å²) >= 11 is 1.51. The van der Waals surface area contributed by atoms with E-state index in [4.69, 9.17) is 0 Å². The van der Waals surface area contributed by atoms with Crippen LogP contribution in [0.5, 0.6) is 0 Å². The van der Waals surface area contributed by atoms with Crippen molar-refractivity contribution in [1.82, 2.24) is 10.3 Å². The zero-order valence-corrected chi connectivity index (χ0v) is 10.8. The Morgan fingerprint density at radius 1 is 1.35 bits per heavy atom. The smallest absolute Gasteiger partial charge is 0.239 e. The Bertz CT molecular complexity index is 332. The Hall–Kier alpha value is -1.10. The van der Waals surface area contributed by atoms with E-state index >= 15 is 0 Å². The summed E-state index contributed by atoms with van der Waals surface area (Å²) in [5, 5.41) is 8.82. The van der Waals surface area contributed by atoms with E-state index in [2.05, 4.69) is 15.6 Å². The first-order valence-corrected chi connectivity index (χ1v) is 7.15. The van der Waals surface area contributed by atoms with Crippen LogP contribution in [0.1, 0.15) is 38.5 Å². The highest BCUT2D eigenvalue weighted by molar-refractivity contribution is 7.13. The van der Waals surface area contributed by atoms with Crippen molar-refractivity contribution in [2.24, 2.45) is 0 Å². The number of nitrogens with one attached hydrogen (secondary N) is 2. The third-order valence-corrected chi connectivity index (χ3v) is 3.78. The molecule has 0 saturated heterocycles. The number of carbonyl (C=O) groups is 1. The molecule has 4 nitrogen and oxygen atoms in total.